The Balaban J connectivity index is 2.77. The van der Waals surface area contributed by atoms with Crippen molar-refractivity contribution in [3.8, 4) is 0 Å². The van der Waals surface area contributed by atoms with Crippen LogP contribution in [0.25, 0.3) is 0 Å². The van der Waals surface area contributed by atoms with E-state index in [1.54, 1.807) is 18.3 Å². The Labute approximate surface area is 84.8 Å². The number of aldehydes is 1. The third-order valence-corrected chi connectivity index (χ3v) is 2.15. The molecule has 14 heavy (non-hydrogen) atoms. The van der Waals surface area contributed by atoms with Crippen molar-refractivity contribution in [2.24, 2.45) is 0 Å². The van der Waals surface area contributed by atoms with Crippen LogP contribution in [0.3, 0.4) is 0 Å². The van der Waals surface area contributed by atoms with E-state index in [2.05, 4.69) is 11.9 Å². The van der Waals surface area contributed by atoms with Gasteiger partial charge >= 0.3 is 0 Å². The van der Waals surface area contributed by atoms with Crippen molar-refractivity contribution in [3.05, 3.63) is 23.9 Å². The van der Waals surface area contributed by atoms with Crippen LogP contribution < -0.4 is 4.90 Å². The third-order valence-electron chi connectivity index (χ3n) is 2.15. The highest BCUT2D eigenvalue weighted by atomic mass is 16.1. The minimum atomic E-state index is 0.658. The number of pyridine rings is 1. The Morgan fingerprint density at radius 3 is 3.00 bits per heavy atom. The molecule has 0 aliphatic carbocycles. The van der Waals surface area contributed by atoms with Crippen molar-refractivity contribution < 1.29 is 4.79 Å². The molecule has 0 saturated heterocycles. The predicted molar refractivity (Wildman–Crippen MR) is 57.8 cm³/mol. The van der Waals surface area contributed by atoms with Gasteiger partial charge in [-0.05, 0) is 18.6 Å². The molecule has 1 aromatic rings. The number of carbonyl (C=O) groups excluding carboxylic acids is 1. The maximum absolute atomic E-state index is 10.7. The fourth-order valence-electron chi connectivity index (χ4n) is 1.32. The van der Waals surface area contributed by atoms with Gasteiger partial charge in [0.25, 0.3) is 0 Å². The van der Waals surface area contributed by atoms with Crippen LogP contribution in [0.5, 0.6) is 0 Å². The number of hydrogen-bond donors (Lipinski definition) is 0. The highest BCUT2D eigenvalue weighted by Crippen LogP contribution is 2.13. The first-order valence-electron chi connectivity index (χ1n) is 4.91. The summed E-state index contributed by atoms with van der Waals surface area (Å²) in [6.07, 6.45) is 4.83. The fraction of sp³-hybridized carbons (Fsp3) is 0.455. The van der Waals surface area contributed by atoms with E-state index in [1.807, 2.05) is 11.9 Å². The predicted octanol–water partition coefficient (Wildman–Crippen LogP) is 2.13. The number of nitrogens with zero attached hydrogens (tertiary/aromatic N) is 2. The Hall–Kier alpha value is -1.38. The van der Waals surface area contributed by atoms with Crippen molar-refractivity contribution in [1.82, 2.24) is 4.98 Å². The molecule has 76 valence electrons. The monoisotopic (exact) mass is 192 g/mol. The van der Waals surface area contributed by atoms with Crippen molar-refractivity contribution in [2.45, 2.75) is 19.8 Å². The van der Waals surface area contributed by atoms with Crippen LogP contribution in [0.1, 0.15) is 30.1 Å². The van der Waals surface area contributed by atoms with E-state index in [1.165, 1.54) is 0 Å². The Morgan fingerprint density at radius 1 is 1.57 bits per heavy atom. The molecule has 0 saturated carbocycles. The molecular weight excluding hydrogens is 176 g/mol. The van der Waals surface area contributed by atoms with E-state index < -0.39 is 0 Å². The summed E-state index contributed by atoms with van der Waals surface area (Å²) in [7, 11) is 1.96. The zero-order valence-corrected chi connectivity index (χ0v) is 8.73. The van der Waals surface area contributed by atoms with Crippen molar-refractivity contribution in [1.29, 1.82) is 0 Å². The van der Waals surface area contributed by atoms with Gasteiger partial charge < -0.3 is 4.90 Å². The summed E-state index contributed by atoms with van der Waals surface area (Å²) < 4.78 is 0. The molecule has 0 bridgehead atoms. The number of rotatable bonds is 5. The molecule has 0 unspecified atom stereocenters. The summed E-state index contributed by atoms with van der Waals surface area (Å²) in [6.45, 7) is 3.08. The lowest BCUT2D eigenvalue weighted by Crippen LogP contribution is -2.20. The molecule has 1 rings (SSSR count). The van der Waals surface area contributed by atoms with Crippen LogP contribution >= 0.6 is 0 Å². The van der Waals surface area contributed by atoms with Gasteiger partial charge in [-0.2, -0.15) is 0 Å². The maximum Gasteiger partial charge on any atom is 0.153 e. The van der Waals surface area contributed by atoms with E-state index in [4.69, 9.17) is 0 Å². The van der Waals surface area contributed by atoms with Gasteiger partial charge in [0.2, 0.25) is 0 Å². The van der Waals surface area contributed by atoms with Gasteiger partial charge in [-0.25, -0.2) is 4.98 Å². The first kappa shape index (κ1) is 10.7. The standard InChI is InChI=1S/C11H16N2O/c1-3-4-8-13(2)11-10(9-14)6-5-7-12-11/h5-7,9H,3-4,8H2,1-2H3. The molecule has 0 fully saturated rings. The Kier molecular flexibility index (Phi) is 4.11. The number of anilines is 1. The first-order valence-corrected chi connectivity index (χ1v) is 4.91. The Morgan fingerprint density at radius 2 is 2.36 bits per heavy atom. The second-order valence-electron chi connectivity index (χ2n) is 3.31. The molecule has 0 radical (unpaired) electrons. The van der Waals surface area contributed by atoms with Crippen molar-refractivity contribution >= 4 is 12.1 Å². The lowest BCUT2D eigenvalue weighted by Gasteiger charge is -2.18. The normalized spacial score (nSPS) is 9.86. The molecule has 0 aliphatic rings. The molecular formula is C11H16N2O. The van der Waals surface area contributed by atoms with Crippen molar-refractivity contribution in [2.75, 3.05) is 18.5 Å². The minimum Gasteiger partial charge on any atom is -0.359 e. The first-order chi connectivity index (χ1) is 6.79. The van der Waals surface area contributed by atoms with Crippen LogP contribution in [0.2, 0.25) is 0 Å². The van der Waals surface area contributed by atoms with E-state index in [9.17, 15) is 4.79 Å². The van der Waals surface area contributed by atoms with Gasteiger partial charge in [-0.1, -0.05) is 13.3 Å². The number of hydrogen-bond acceptors (Lipinski definition) is 3. The second-order valence-corrected chi connectivity index (χ2v) is 3.31. The van der Waals surface area contributed by atoms with Crippen LogP contribution in [-0.4, -0.2) is 24.9 Å². The average molecular weight is 192 g/mol. The summed E-state index contributed by atoms with van der Waals surface area (Å²) in [5, 5.41) is 0. The van der Waals surface area contributed by atoms with Crippen molar-refractivity contribution in [3.63, 3.8) is 0 Å². The van der Waals surface area contributed by atoms with Crippen LogP contribution in [0.4, 0.5) is 5.82 Å². The van der Waals surface area contributed by atoms with E-state index in [-0.39, 0.29) is 0 Å². The summed E-state index contributed by atoms with van der Waals surface area (Å²) >= 11 is 0. The summed E-state index contributed by atoms with van der Waals surface area (Å²) in [4.78, 5) is 17.0. The summed E-state index contributed by atoms with van der Waals surface area (Å²) in [5.41, 5.74) is 0.658. The van der Waals surface area contributed by atoms with Gasteiger partial charge in [-0.15, -0.1) is 0 Å². The quantitative estimate of drug-likeness (QED) is 0.670. The number of aromatic nitrogens is 1. The van der Waals surface area contributed by atoms with Crippen LogP contribution in [0, 0.1) is 0 Å². The molecule has 0 spiro atoms. The van der Waals surface area contributed by atoms with Gasteiger partial charge in [0.15, 0.2) is 6.29 Å². The number of unbranched alkanes of at least 4 members (excludes halogenated alkanes) is 1. The summed E-state index contributed by atoms with van der Waals surface area (Å²) in [6, 6.07) is 3.57. The molecule has 0 atom stereocenters. The molecule has 0 aliphatic heterocycles. The molecule has 1 heterocycles. The van der Waals surface area contributed by atoms with E-state index in [0.29, 0.717) is 5.56 Å². The molecule has 3 nitrogen and oxygen atoms in total. The van der Waals surface area contributed by atoms with Crippen LogP contribution in [-0.2, 0) is 0 Å². The zero-order valence-electron chi connectivity index (χ0n) is 8.73. The minimum absolute atomic E-state index is 0.658. The highest BCUT2D eigenvalue weighted by molar-refractivity contribution is 5.82. The molecule has 0 aromatic carbocycles. The molecule has 0 N–H and O–H groups in total. The van der Waals surface area contributed by atoms with Gasteiger partial charge in [-0.3, -0.25) is 4.79 Å². The average Bonchev–Trinajstić information content (AvgIpc) is 2.25. The SMILES string of the molecule is CCCCN(C)c1ncccc1C=O. The second kappa shape index (κ2) is 5.37. The molecule has 3 heteroatoms. The zero-order chi connectivity index (χ0) is 10.4. The lowest BCUT2D eigenvalue weighted by atomic mass is 10.2. The van der Waals surface area contributed by atoms with E-state index >= 15 is 0 Å². The smallest absolute Gasteiger partial charge is 0.153 e. The van der Waals surface area contributed by atoms with Gasteiger partial charge in [0, 0.05) is 19.8 Å². The Bertz CT molecular complexity index is 299. The number of carbonyl (C=O) groups is 1. The third kappa shape index (κ3) is 2.55. The summed E-state index contributed by atoms with van der Waals surface area (Å²) in [5.74, 6) is 0.774. The van der Waals surface area contributed by atoms with Crippen LogP contribution in [0.15, 0.2) is 18.3 Å². The van der Waals surface area contributed by atoms with Gasteiger partial charge in [0.05, 0.1) is 5.56 Å². The topological polar surface area (TPSA) is 33.2 Å². The van der Waals surface area contributed by atoms with E-state index in [0.717, 1.165) is 31.5 Å². The maximum atomic E-state index is 10.7. The molecule has 0 amide bonds. The largest absolute Gasteiger partial charge is 0.359 e. The fourth-order valence-corrected chi connectivity index (χ4v) is 1.32. The van der Waals surface area contributed by atoms with Gasteiger partial charge in [0.1, 0.15) is 5.82 Å². The molecule has 1 aromatic heterocycles. The highest BCUT2D eigenvalue weighted by Gasteiger charge is 2.06. The lowest BCUT2D eigenvalue weighted by molar-refractivity contribution is 0.112.